The normalized spacial score (nSPS) is 17.5. The van der Waals surface area contributed by atoms with Gasteiger partial charge in [0.1, 0.15) is 17.0 Å². The molecule has 0 fully saturated rings. The summed E-state index contributed by atoms with van der Waals surface area (Å²) >= 11 is 0. The van der Waals surface area contributed by atoms with Gasteiger partial charge in [-0.15, -0.1) is 0 Å². The monoisotopic (exact) mass is 469 g/mol. The summed E-state index contributed by atoms with van der Waals surface area (Å²) in [4.78, 5) is 31.7. The van der Waals surface area contributed by atoms with Gasteiger partial charge in [0.25, 0.3) is 5.91 Å². The highest BCUT2D eigenvalue weighted by Crippen LogP contribution is 2.29. The van der Waals surface area contributed by atoms with E-state index in [4.69, 9.17) is 10.5 Å². The van der Waals surface area contributed by atoms with Gasteiger partial charge in [0.05, 0.1) is 6.54 Å². The van der Waals surface area contributed by atoms with Crippen LogP contribution in [-0.2, 0) is 17.8 Å². The van der Waals surface area contributed by atoms with Crippen molar-refractivity contribution in [3.63, 3.8) is 0 Å². The fourth-order valence-corrected chi connectivity index (χ4v) is 4.40. The van der Waals surface area contributed by atoms with E-state index in [2.05, 4.69) is 18.8 Å². The Morgan fingerprint density at radius 1 is 0.943 bits per heavy atom. The van der Waals surface area contributed by atoms with Gasteiger partial charge in [0.2, 0.25) is 0 Å². The molecule has 1 aliphatic heterocycles. The molecule has 1 amide bonds. The van der Waals surface area contributed by atoms with Crippen LogP contribution in [0.5, 0.6) is 11.5 Å². The number of guanidine groups is 1. The first-order valence-corrected chi connectivity index (χ1v) is 11.8. The Bertz CT molecular complexity index is 1220. The van der Waals surface area contributed by atoms with Gasteiger partial charge >= 0.3 is 0 Å². The summed E-state index contributed by atoms with van der Waals surface area (Å²) in [5.41, 5.74) is 7.75. The van der Waals surface area contributed by atoms with Crippen molar-refractivity contribution < 1.29 is 14.3 Å². The van der Waals surface area contributed by atoms with E-state index in [1.54, 1.807) is 29.2 Å². The predicted molar refractivity (Wildman–Crippen MR) is 137 cm³/mol. The van der Waals surface area contributed by atoms with Crippen molar-refractivity contribution in [2.45, 2.75) is 45.7 Å². The van der Waals surface area contributed by atoms with Crippen LogP contribution in [0.4, 0.5) is 0 Å². The van der Waals surface area contributed by atoms with E-state index in [1.807, 2.05) is 61.5 Å². The minimum atomic E-state index is -0.799. The lowest BCUT2D eigenvalue weighted by Crippen LogP contribution is -2.43. The average Bonchev–Trinajstić information content (AvgIpc) is 3.03. The molecule has 1 aliphatic rings. The first-order valence-electron chi connectivity index (χ1n) is 11.8. The molecule has 1 unspecified atom stereocenters. The molecule has 4 rings (SSSR count). The number of carbonyl (C=O) groups excluding carboxylic acids is 2. The lowest BCUT2D eigenvalue weighted by atomic mass is 9.91. The van der Waals surface area contributed by atoms with Crippen molar-refractivity contribution in [1.82, 2.24) is 4.90 Å². The highest BCUT2D eigenvalue weighted by atomic mass is 16.5. The van der Waals surface area contributed by atoms with Crippen LogP contribution < -0.4 is 10.5 Å². The number of ether oxygens (including phenoxy) is 1. The van der Waals surface area contributed by atoms with Gasteiger partial charge in [-0.2, -0.15) is 0 Å². The van der Waals surface area contributed by atoms with Crippen molar-refractivity contribution in [3.8, 4) is 11.5 Å². The molecule has 35 heavy (non-hydrogen) atoms. The van der Waals surface area contributed by atoms with Crippen molar-refractivity contribution in [3.05, 3.63) is 95.6 Å². The van der Waals surface area contributed by atoms with Crippen molar-refractivity contribution in [1.29, 1.82) is 0 Å². The van der Waals surface area contributed by atoms with Gasteiger partial charge in [-0.05, 0) is 66.8 Å². The van der Waals surface area contributed by atoms with Crippen LogP contribution in [0.25, 0.3) is 0 Å². The van der Waals surface area contributed by atoms with Gasteiger partial charge in [0, 0.05) is 12.0 Å². The van der Waals surface area contributed by atoms with E-state index >= 15 is 0 Å². The van der Waals surface area contributed by atoms with Gasteiger partial charge in [-0.25, -0.2) is 4.99 Å². The quantitative estimate of drug-likeness (QED) is 0.427. The Labute approximate surface area is 206 Å². The molecule has 3 aromatic carbocycles. The molecule has 1 heterocycles. The maximum atomic E-state index is 13.0. The molecular formula is C29H31N3O3. The number of hydrogen-bond donors (Lipinski definition) is 1. The lowest BCUT2D eigenvalue weighted by Gasteiger charge is -2.23. The molecule has 0 aliphatic carbocycles. The second-order valence-corrected chi connectivity index (χ2v) is 9.59. The molecule has 2 N–H and O–H groups in total. The van der Waals surface area contributed by atoms with E-state index in [1.165, 1.54) is 0 Å². The zero-order chi connectivity index (χ0) is 25.0. The number of carbonyl (C=O) groups is 2. The zero-order valence-electron chi connectivity index (χ0n) is 20.4. The average molecular weight is 470 g/mol. The fourth-order valence-electron chi connectivity index (χ4n) is 4.40. The Balaban J connectivity index is 1.35. The number of benzene rings is 3. The molecule has 1 atom stereocenters. The summed E-state index contributed by atoms with van der Waals surface area (Å²) in [5.74, 6) is 1.99. The third kappa shape index (κ3) is 5.77. The van der Waals surface area contributed by atoms with Crippen LogP contribution >= 0.6 is 0 Å². The molecule has 0 aromatic heterocycles. The van der Waals surface area contributed by atoms with Crippen LogP contribution in [-0.4, -0.2) is 28.1 Å². The molecule has 6 heteroatoms. The van der Waals surface area contributed by atoms with Crippen LogP contribution in [0.2, 0.25) is 0 Å². The molecule has 0 spiro atoms. The minimum absolute atomic E-state index is 0.0274. The third-order valence-electron chi connectivity index (χ3n) is 6.03. The summed E-state index contributed by atoms with van der Waals surface area (Å²) in [5, 5.41) is 0. The number of hydrogen-bond acceptors (Lipinski definition) is 5. The number of ketones is 1. The fraction of sp³-hybridized carbons (Fsp3) is 0.276. The summed E-state index contributed by atoms with van der Waals surface area (Å²) in [6.07, 6.45) is 0.946. The molecule has 3 aromatic rings. The number of nitrogens with two attached hydrogens (primary N) is 1. The van der Waals surface area contributed by atoms with Crippen LogP contribution in [0.3, 0.4) is 0 Å². The molecule has 180 valence electrons. The zero-order valence-corrected chi connectivity index (χ0v) is 20.4. The highest BCUT2D eigenvalue weighted by Gasteiger charge is 2.43. The first-order chi connectivity index (χ1) is 16.7. The van der Waals surface area contributed by atoms with E-state index < -0.39 is 5.54 Å². The summed E-state index contributed by atoms with van der Waals surface area (Å²) in [6.45, 7) is 6.34. The number of aliphatic imine (C=N–C) groups is 1. The molecule has 0 bridgehead atoms. The number of Topliss-reactive ketones (excluding diaryl/α,β-unsaturated/α-hetero) is 1. The van der Waals surface area contributed by atoms with E-state index in [0.717, 1.165) is 16.9 Å². The predicted octanol–water partition coefficient (Wildman–Crippen LogP) is 5.37. The molecule has 0 saturated heterocycles. The second-order valence-electron chi connectivity index (χ2n) is 9.59. The van der Waals surface area contributed by atoms with Gasteiger partial charge < -0.3 is 10.5 Å². The van der Waals surface area contributed by atoms with Gasteiger partial charge in [-0.3, -0.25) is 14.5 Å². The van der Waals surface area contributed by atoms with Crippen molar-refractivity contribution in [2.75, 3.05) is 0 Å². The van der Waals surface area contributed by atoms with E-state index in [-0.39, 0.29) is 24.1 Å². The van der Waals surface area contributed by atoms with Crippen LogP contribution in [0.1, 0.15) is 48.7 Å². The third-order valence-corrected chi connectivity index (χ3v) is 6.03. The molecule has 0 radical (unpaired) electrons. The smallest absolute Gasteiger partial charge is 0.257 e. The van der Waals surface area contributed by atoms with E-state index in [9.17, 15) is 9.59 Å². The van der Waals surface area contributed by atoms with Crippen LogP contribution in [0.15, 0.2) is 83.9 Å². The van der Waals surface area contributed by atoms with E-state index in [0.29, 0.717) is 30.2 Å². The summed E-state index contributed by atoms with van der Waals surface area (Å²) in [6, 6.07) is 24.4. The number of para-hydroxylation sites is 1. The first kappa shape index (κ1) is 24.2. The standard InChI is InChI=1S/C29H31N3O3/c1-20(2)18-29(3)27(34)32(28(30)31-29)19-22-11-9-21(10-12-22)17-26(33)23-13-15-25(16-14-23)35-24-7-5-4-6-8-24/h4-16,20H,17-19H2,1-3H3,(H2,30,31). The number of amides is 1. The molecular weight excluding hydrogens is 438 g/mol. The Kier molecular flexibility index (Phi) is 7.01. The topological polar surface area (TPSA) is 85.0 Å². The van der Waals surface area contributed by atoms with Crippen molar-refractivity contribution >= 4 is 17.6 Å². The second kappa shape index (κ2) is 10.1. The largest absolute Gasteiger partial charge is 0.457 e. The minimum Gasteiger partial charge on any atom is -0.457 e. The summed E-state index contributed by atoms with van der Waals surface area (Å²) in [7, 11) is 0. The maximum absolute atomic E-state index is 13.0. The van der Waals surface area contributed by atoms with Crippen molar-refractivity contribution in [2.24, 2.45) is 16.6 Å². The molecule has 6 nitrogen and oxygen atoms in total. The summed E-state index contributed by atoms with van der Waals surface area (Å²) < 4.78 is 5.79. The van der Waals surface area contributed by atoms with Gasteiger partial charge in [-0.1, -0.05) is 56.3 Å². The molecule has 0 saturated carbocycles. The Hall–Kier alpha value is -3.93. The lowest BCUT2D eigenvalue weighted by molar-refractivity contribution is -0.131. The maximum Gasteiger partial charge on any atom is 0.257 e. The Morgan fingerprint density at radius 3 is 2.17 bits per heavy atom. The van der Waals surface area contributed by atoms with Crippen LogP contribution in [0, 0.1) is 5.92 Å². The number of rotatable bonds is 9. The number of nitrogens with zero attached hydrogens (tertiary/aromatic N) is 2. The van der Waals surface area contributed by atoms with Gasteiger partial charge in [0.15, 0.2) is 11.7 Å². The highest BCUT2D eigenvalue weighted by molar-refractivity contribution is 6.06. The Morgan fingerprint density at radius 2 is 1.54 bits per heavy atom. The SMILES string of the molecule is CC(C)CC1(C)N=C(N)N(Cc2ccc(CC(=O)c3ccc(Oc4ccccc4)cc3)cc2)C1=O.